The van der Waals surface area contributed by atoms with Gasteiger partial charge >= 0.3 is 0 Å². The predicted octanol–water partition coefficient (Wildman–Crippen LogP) is 0.997. The van der Waals surface area contributed by atoms with E-state index in [4.69, 9.17) is 5.26 Å². The molecule has 1 saturated carbocycles. The molecule has 2 atom stereocenters. The van der Waals surface area contributed by atoms with Gasteiger partial charge in [0.2, 0.25) is 0 Å². The molecule has 96 valence electrons. The molecule has 0 aromatic heterocycles. The molecule has 2 fully saturated rings. The van der Waals surface area contributed by atoms with E-state index in [-0.39, 0.29) is 12.0 Å². The molecule has 0 aromatic rings. The lowest BCUT2D eigenvalue weighted by Crippen LogP contribution is -2.50. The maximum Gasteiger partial charge on any atom is 0.280 e. The third-order valence-electron chi connectivity index (χ3n) is 3.56. The van der Waals surface area contributed by atoms with E-state index in [1.54, 1.807) is 0 Å². The molecule has 1 aliphatic heterocycles. The average Bonchev–Trinajstić information content (AvgIpc) is 3.10. The SMILES string of the molecule is CC1CCCCN1S(=O)(=O)NC(C#N)C1CC1. The van der Waals surface area contributed by atoms with Crippen molar-refractivity contribution in [2.24, 2.45) is 5.92 Å². The summed E-state index contributed by atoms with van der Waals surface area (Å²) in [5.74, 6) is 0.217. The van der Waals surface area contributed by atoms with Gasteiger partial charge in [0.1, 0.15) is 6.04 Å². The fraction of sp³-hybridized carbons (Fsp3) is 0.909. The number of piperidine rings is 1. The van der Waals surface area contributed by atoms with Gasteiger partial charge in [-0.15, -0.1) is 0 Å². The minimum atomic E-state index is -3.49. The molecular formula is C11H19N3O2S. The Balaban J connectivity index is 2.04. The number of hydrogen-bond donors (Lipinski definition) is 1. The van der Waals surface area contributed by atoms with Crippen LogP contribution in [0.3, 0.4) is 0 Å². The third kappa shape index (κ3) is 2.97. The second-order valence-corrected chi connectivity index (χ2v) is 6.68. The van der Waals surface area contributed by atoms with E-state index in [1.807, 2.05) is 6.92 Å². The molecule has 17 heavy (non-hydrogen) atoms. The zero-order chi connectivity index (χ0) is 12.5. The number of nitrogens with one attached hydrogen (secondary N) is 1. The minimum absolute atomic E-state index is 0.0415. The van der Waals surface area contributed by atoms with Gasteiger partial charge in [-0.05, 0) is 38.5 Å². The summed E-state index contributed by atoms with van der Waals surface area (Å²) in [7, 11) is -3.49. The maximum absolute atomic E-state index is 12.2. The van der Waals surface area contributed by atoms with Gasteiger partial charge in [-0.3, -0.25) is 0 Å². The zero-order valence-electron chi connectivity index (χ0n) is 10.1. The van der Waals surface area contributed by atoms with Gasteiger partial charge in [-0.25, -0.2) is 0 Å². The molecule has 0 amide bonds. The van der Waals surface area contributed by atoms with Crippen LogP contribution in [0.15, 0.2) is 0 Å². The molecule has 1 heterocycles. The molecule has 5 nitrogen and oxygen atoms in total. The van der Waals surface area contributed by atoms with E-state index in [1.165, 1.54) is 4.31 Å². The molecule has 0 aromatic carbocycles. The van der Waals surface area contributed by atoms with Crippen LogP contribution < -0.4 is 4.72 Å². The fourth-order valence-corrected chi connectivity index (χ4v) is 3.96. The Bertz CT molecular complexity index is 411. The highest BCUT2D eigenvalue weighted by molar-refractivity contribution is 7.87. The molecule has 2 aliphatic rings. The van der Waals surface area contributed by atoms with Crippen LogP contribution >= 0.6 is 0 Å². The largest absolute Gasteiger partial charge is 0.280 e. The number of nitriles is 1. The lowest BCUT2D eigenvalue weighted by Gasteiger charge is -2.32. The van der Waals surface area contributed by atoms with E-state index in [0.29, 0.717) is 6.54 Å². The standard InChI is InChI=1S/C11H19N3O2S/c1-9-4-2-3-7-14(9)17(15,16)13-11(8-12)10-5-6-10/h9-11,13H,2-7H2,1H3. The van der Waals surface area contributed by atoms with Crippen molar-refractivity contribution < 1.29 is 8.42 Å². The smallest absolute Gasteiger partial charge is 0.197 e. The highest BCUT2D eigenvalue weighted by atomic mass is 32.2. The van der Waals surface area contributed by atoms with Crippen molar-refractivity contribution in [3.8, 4) is 6.07 Å². The van der Waals surface area contributed by atoms with E-state index in [0.717, 1.165) is 32.1 Å². The molecule has 6 heteroatoms. The summed E-state index contributed by atoms with van der Waals surface area (Å²) in [6.07, 6.45) is 4.80. The summed E-state index contributed by atoms with van der Waals surface area (Å²) in [6, 6.07) is 1.55. The normalized spacial score (nSPS) is 28.6. The molecule has 1 saturated heterocycles. The Morgan fingerprint density at radius 1 is 1.35 bits per heavy atom. The first kappa shape index (κ1) is 12.8. The van der Waals surface area contributed by atoms with Crippen molar-refractivity contribution in [3.05, 3.63) is 0 Å². The number of hydrogen-bond acceptors (Lipinski definition) is 3. The van der Waals surface area contributed by atoms with Crippen molar-refractivity contribution in [1.29, 1.82) is 5.26 Å². The predicted molar refractivity (Wildman–Crippen MR) is 64.2 cm³/mol. The highest BCUT2D eigenvalue weighted by Gasteiger charge is 2.37. The van der Waals surface area contributed by atoms with Gasteiger partial charge < -0.3 is 0 Å². The van der Waals surface area contributed by atoms with Crippen LogP contribution in [-0.2, 0) is 10.2 Å². The molecule has 1 N–H and O–H groups in total. The quantitative estimate of drug-likeness (QED) is 0.816. The van der Waals surface area contributed by atoms with Crippen molar-refractivity contribution in [3.63, 3.8) is 0 Å². The number of nitrogens with zero attached hydrogens (tertiary/aromatic N) is 2. The molecule has 2 rings (SSSR count). The molecular weight excluding hydrogens is 238 g/mol. The van der Waals surface area contributed by atoms with E-state index < -0.39 is 16.3 Å². The van der Waals surface area contributed by atoms with Crippen LogP contribution in [0, 0.1) is 17.2 Å². The Labute approximate surface area is 103 Å². The van der Waals surface area contributed by atoms with Gasteiger partial charge in [0.25, 0.3) is 10.2 Å². The summed E-state index contributed by atoms with van der Waals surface area (Å²) in [6.45, 7) is 2.50. The van der Waals surface area contributed by atoms with Crippen LogP contribution in [0.25, 0.3) is 0 Å². The Morgan fingerprint density at radius 2 is 2.06 bits per heavy atom. The highest BCUT2D eigenvalue weighted by Crippen LogP contribution is 2.33. The van der Waals surface area contributed by atoms with Gasteiger partial charge in [0.05, 0.1) is 6.07 Å². The molecule has 2 unspecified atom stereocenters. The van der Waals surface area contributed by atoms with E-state index in [9.17, 15) is 8.42 Å². The summed E-state index contributed by atoms with van der Waals surface area (Å²) in [4.78, 5) is 0. The monoisotopic (exact) mass is 257 g/mol. The van der Waals surface area contributed by atoms with E-state index >= 15 is 0 Å². The Hall–Kier alpha value is -0.640. The molecule has 0 spiro atoms. The third-order valence-corrected chi connectivity index (χ3v) is 5.27. The lowest BCUT2D eigenvalue weighted by atomic mass is 10.1. The molecule has 0 bridgehead atoms. The van der Waals surface area contributed by atoms with Gasteiger partial charge in [-0.1, -0.05) is 6.42 Å². The average molecular weight is 257 g/mol. The lowest BCUT2D eigenvalue weighted by molar-refractivity contribution is 0.264. The van der Waals surface area contributed by atoms with Crippen LogP contribution in [-0.4, -0.2) is 31.4 Å². The Morgan fingerprint density at radius 3 is 2.59 bits per heavy atom. The second kappa shape index (κ2) is 4.92. The molecule has 0 radical (unpaired) electrons. The van der Waals surface area contributed by atoms with Crippen molar-refractivity contribution in [1.82, 2.24) is 9.03 Å². The van der Waals surface area contributed by atoms with Crippen molar-refractivity contribution in [2.45, 2.75) is 51.1 Å². The maximum atomic E-state index is 12.2. The van der Waals surface area contributed by atoms with E-state index in [2.05, 4.69) is 10.8 Å². The first-order chi connectivity index (χ1) is 8.04. The van der Waals surface area contributed by atoms with Crippen LogP contribution in [0.2, 0.25) is 0 Å². The first-order valence-electron chi connectivity index (χ1n) is 6.23. The van der Waals surface area contributed by atoms with Crippen molar-refractivity contribution in [2.75, 3.05) is 6.54 Å². The Kier molecular flexibility index (Phi) is 3.71. The summed E-state index contributed by atoms with van der Waals surface area (Å²) in [5.41, 5.74) is 0. The second-order valence-electron chi connectivity index (χ2n) is 5.02. The summed E-state index contributed by atoms with van der Waals surface area (Å²) in [5, 5.41) is 8.97. The van der Waals surface area contributed by atoms with Crippen LogP contribution in [0.1, 0.15) is 39.0 Å². The summed E-state index contributed by atoms with van der Waals surface area (Å²) < 4.78 is 28.4. The van der Waals surface area contributed by atoms with Crippen LogP contribution in [0.4, 0.5) is 0 Å². The fourth-order valence-electron chi connectivity index (χ4n) is 2.31. The first-order valence-corrected chi connectivity index (χ1v) is 7.67. The van der Waals surface area contributed by atoms with Gasteiger partial charge in [0, 0.05) is 12.6 Å². The minimum Gasteiger partial charge on any atom is -0.197 e. The topological polar surface area (TPSA) is 73.2 Å². The van der Waals surface area contributed by atoms with Gasteiger partial charge in [-0.2, -0.15) is 22.7 Å². The zero-order valence-corrected chi connectivity index (χ0v) is 10.9. The van der Waals surface area contributed by atoms with Gasteiger partial charge in [0.15, 0.2) is 0 Å². The van der Waals surface area contributed by atoms with Crippen molar-refractivity contribution >= 4 is 10.2 Å². The number of rotatable bonds is 4. The summed E-state index contributed by atoms with van der Waals surface area (Å²) >= 11 is 0. The molecule has 1 aliphatic carbocycles. The van der Waals surface area contributed by atoms with Crippen LogP contribution in [0.5, 0.6) is 0 Å².